The van der Waals surface area contributed by atoms with E-state index >= 15 is 0 Å². The lowest BCUT2D eigenvalue weighted by atomic mass is 10.1. The number of benzene rings is 1. The molecule has 5 nitrogen and oxygen atoms in total. The van der Waals surface area contributed by atoms with Gasteiger partial charge in [0.2, 0.25) is 6.29 Å². The van der Waals surface area contributed by atoms with Gasteiger partial charge in [-0.25, -0.2) is 14.4 Å². The van der Waals surface area contributed by atoms with Gasteiger partial charge in [0.25, 0.3) is 0 Å². The van der Waals surface area contributed by atoms with E-state index in [1.807, 2.05) is 6.29 Å². The SMILES string of the molecule is Cc1[nH]c2c(-c3ccc(F)cc3OCC3CC3)ncnc2c1[C]=O. The van der Waals surface area contributed by atoms with Crippen molar-refractivity contribution in [2.75, 3.05) is 6.61 Å². The molecule has 1 saturated carbocycles. The molecule has 1 fully saturated rings. The molecule has 0 bridgehead atoms. The van der Waals surface area contributed by atoms with Crippen molar-refractivity contribution in [1.29, 1.82) is 0 Å². The van der Waals surface area contributed by atoms with Crippen molar-refractivity contribution in [3.05, 3.63) is 41.6 Å². The third-order valence-electron chi connectivity index (χ3n) is 4.24. The number of aromatic amines is 1. The Hall–Kier alpha value is -2.76. The molecule has 2 aromatic heterocycles. The maximum atomic E-state index is 13.7. The number of rotatable bonds is 5. The van der Waals surface area contributed by atoms with E-state index in [1.165, 1.54) is 18.5 Å². The van der Waals surface area contributed by atoms with Crippen LogP contribution in [0, 0.1) is 18.7 Å². The second kappa shape index (κ2) is 5.70. The van der Waals surface area contributed by atoms with Crippen LogP contribution in [0.5, 0.6) is 5.75 Å². The molecule has 0 atom stereocenters. The van der Waals surface area contributed by atoms with Crippen LogP contribution in [0.25, 0.3) is 22.3 Å². The van der Waals surface area contributed by atoms with Gasteiger partial charge in [0.05, 0.1) is 17.7 Å². The van der Waals surface area contributed by atoms with E-state index in [9.17, 15) is 9.18 Å². The Morgan fingerprint density at radius 3 is 2.96 bits per heavy atom. The molecule has 1 aliphatic carbocycles. The van der Waals surface area contributed by atoms with Crippen molar-refractivity contribution >= 4 is 17.3 Å². The molecular weight excluding hydrogens is 309 g/mol. The minimum absolute atomic E-state index is 0.362. The zero-order chi connectivity index (χ0) is 16.7. The number of halogens is 1. The molecule has 0 amide bonds. The maximum Gasteiger partial charge on any atom is 0.237 e. The summed E-state index contributed by atoms with van der Waals surface area (Å²) in [6, 6.07) is 4.38. The standard InChI is InChI=1S/C18H15FN3O2/c1-10-14(7-23)17-18(22-10)16(20-9-21-17)13-5-4-12(19)6-15(13)24-8-11-2-3-11/h4-6,9,11,22H,2-3,8H2,1H3. The van der Waals surface area contributed by atoms with Crippen LogP contribution >= 0.6 is 0 Å². The fraction of sp³-hybridized carbons (Fsp3) is 0.278. The molecule has 24 heavy (non-hydrogen) atoms. The molecular formula is C18H15FN3O2. The Labute approximate surface area is 137 Å². The molecule has 1 N–H and O–H groups in total. The molecule has 0 aliphatic heterocycles. The lowest BCUT2D eigenvalue weighted by Crippen LogP contribution is -2.01. The van der Waals surface area contributed by atoms with Crippen LogP contribution in [-0.2, 0) is 4.79 Å². The van der Waals surface area contributed by atoms with E-state index in [0.29, 0.717) is 51.8 Å². The number of H-pyrrole nitrogens is 1. The molecule has 4 rings (SSSR count). The summed E-state index contributed by atoms with van der Waals surface area (Å²) in [5.41, 5.74) is 3.43. The Morgan fingerprint density at radius 2 is 2.21 bits per heavy atom. The Kier molecular flexibility index (Phi) is 3.52. The number of carbonyl (C=O) groups excluding carboxylic acids is 1. The highest BCUT2D eigenvalue weighted by atomic mass is 19.1. The van der Waals surface area contributed by atoms with Crippen LogP contribution in [0.4, 0.5) is 4.39 Å². The van der Waals surface area contributed by atoms with E-state index in [4.69, 9.17) is 4.74 Å². The van der Waals surface area contributed by atoms with Crippen molar-refractivity contribution in [3.63, 3.8) is 0 Å². The number of nitrogens with one attached hydrogen (secondary N) is 1. The predicted octanol–water partition coefficient (Wildman–Crippen LogP) is 3.32. The van der Waals surface area contributed by atoms with E-state index < -0.39 is 0 Å². The first-order valence-corrected chi connectivity index (χ1v) is 7.81. The lowest BCUT2D eigenvalue weighted by molar-refractivity contribution is 0.299. The molecule has 0 saturated heterocycles. The Morgan fingerprint density at radius 1 is 1.38 bits per heavy atom. The number of aryl methyl sites for hydroxylation is 1. The zero-order valence-corrected chi connectivity index (χ0v) is 13.1. The molecule has 0 unspecified atom stereocenters. The number of hydrogen-bond donors (Lipinski definition) is 1. The van der Waals surface area contributed by atoms with Gasteiger partial charge in [0.15, 0.2) is 0 Å². The van der Waals surface area contributed by atoms with Crippen molar-refractivity contribution in [3.8, 4) is 17.0 Å². The van der Waals surface area contributed by atoms with Gasteiger partial charge in [-0.05, 0) is 37.8 Å². The number of nitrogens with zero attached hydrogens (tertiary/aromatic N) is 2. The summed E-state index contributed by atoms with van der Waals surface area (Å²) < 4.78 is 19.5. The number of hydrogen-bond acceptors (Lipinski definition) is 4. The van der Waals surface area contributed by atoms with E-state index in [0.717, 1.165) is 12.8 Å². The average Bonchev–Trinajstić information content (AvgIpc) is 3.34. The molecule has 1 aliphatic rings. The summed E-state index contributed by atoms with van der Waals surface area (Å²) in [6.07, 6.45) is 5.59. The third-order valence-corrected chi connectivity index (χ3v) is 4.24. The van der Waals surface area contributed by atoms with Gasteiger partial charge in [0.1, 0.15) is 29.1 Å². The quantitative estimate of drug-likeness (QED) is 0.782. The number of fused-ring (bicyclic) bond motifs is 1. The molecule has 1 aromatic carbocycles. The molecule has 2 heterocycles. The molecule has 121 valence electrons. The lowest BCUT2D eigenvalue weighted by Gasteiger charge is -2.11. The van der Waals surface area contributed by atoms with Crippen LogP contribution in [0.1, 0.15) is 24.1 Å². The smallest absolute Gasteiger partial charge is 0.237 e. The molecule has 3 aromatic rings. The van der Waals surface area contributed by atoms with Gasteiger partial charge in [-0.2, -0.15) is 0 Å². The molecule has 6 heteroatoms. The first-order valence-electron chi connectivity index (χ1n) is 7.81. The fourth-order valence-corrected chi connectivity index (χ4v) is 2.75. The molecule has 0 spiro atoms. The first kappa shape index (κ1) is 14.8. The minimum atomic E-state index is -0.362. The highest BCUT2D eigenvalue weighted by molar-refractivity contribution is 6.01. The topological polar surface area (TPSA) is 67.9 Å². The predicted molar refractivity (Wildman–Crippen MR) is 87.0 cm³/mol. The summed E-state index contributed by atoms with van der Waals surface area (Å²) in [5, 5.41) is 0. The van der Waals surface area contributed by atoms with E-state index in [2.05, 4.69) is 15.0 Å². The fourth-order valence-electron chi connectivity index (χ4n) is 2.75. The summed E-state index contributed by atoms with van der Waals surface area (Å²) in [4.78, 5) is 22.8. The second-order valence-corrected chi connectivity index (χ2v) is 6.07. The highest BCUT2D eigenvalue weighted by Crippen LogP contribution is 2.36. The minimum Gasteiger partial charge on any atom is -0.492 e. The van der Waals surface area contributed by atoms with E-state index in [-0.39, 0.29) is 5.82 Å². The van der Waals surface area contributed by atoms with Crippen LogP contribution in [0.3, 0.4) is 0 Å². The summed E-state index contributed by atoms with van der Waals surface area (Å²) >= 11 is 0. The van der Waals surface area contributed by atoms with Gasteiger partial charge in [-0.1, -0.05) is 0 Å². The van der Waals surface area contributed by atoms with Gasteiger partial charge in [-0.15, -0.1) is 0 Å². The first-order chi connectivity index (χ1) is 11.7. The van der Waals surface area contributed by atoms with Crippen molar-refractivity contribution < 1.29 is 13.9 Å². The Balaban J connectivity index is 1.86. The average molecular weight is 324 g/mol. The zero-order valence-electron chi connectivity index (χ0n) is 13.1. The normalized spacial score (nSPS) is 14.1. The van der Waals surface area contributed by atoms with Gasteiger partial charge in [0, 0.05) is 17.3 Å². The van der Waals surface area contributed by atoms with Crippen molar-refractivity contribution in [2.24, 2.45) is 5.92 Å². The maximum absolute atomic E-state index is 13.7. The summed E-state index contributed by atoms with van der Waals surface area (Å²) in [6.45, 7) is 2.35. The molecule has 1 radical (unpaired) electrons. The number of aromatic nitrogens is 3. The van der Waals surface area contributed by atoms with Crippen LogP contribution in [0.15, 0.2) is 24.5 Å². The van der Waals surface area contributed by atoms with Crippen LogP contribution in [0.2, 0.25) is 0 Å². The summed E-state index contributed by atoms with van der Waals surface area (Å²) in [7, 11) is 0. The Bertz CT molecular complexity index is 931. The largest absolute Gasteiger partial charge is 0.492 e. The summed E-state index contributed by atoms with van der Waals surface area (Å²) in [5.74, 6) is 0.640. The third kappa shape index (κ3) is 2.54. The van der Waals surface area contributed by atoms with Gasteiger partial charge < -0.3 is 9.72 Å². The van der Waals surface area contributed by atoms with Crippen LogP contribution in [-0.4, -0.2) is 27.8 Å². The van der Waals surface area contributed by atoms with Crippen molar-refractivity contribution in [2.45, 2.75) is 19.8 Å². The second-order valence-electron chi connectivity index (χ2n) is 6.07. The monoisotopic (exact) mass is 324 g/mol. The van der Waals surface area contributed by atoms with E-state index in [1.54, 1.807) is 13.0 Å². The van der Waals surface area contributed by atoms with Gasteiger partial charge >= 0.3 is 0 Å². The van der Waals surface area contributed by atoms with Crippen LogP contribution < -0.4 is 4.74 Å². The highest BCUT2D eigenvalue weighted by Gasteiger charge is 2.23. The van der Waals surface area contributed by atoms with Gasteiger partial charge in [-0.3, -0.25) is 4.79 Å². The number of ether oxygens (including phenoxy) is 1. The van der Waals surface area contributed by atoms with Crippen molar-refractivity contribution in [1.82, 2.24) is 15.0 Å².